The van der Waals surface area contributed by atoms with Crippen molar-refractivity contribution in [2.24, 2.45) is 0 Å². The van der Waals surface area contributed by atoms with Crippen LogP contribution in [0.15, 0.2) is 64.8 Å². The molecule has 162 valence electrons. The third-order valence-corrected chi connectivity index (χ3v) is 6.79. The molecule has 0 bridgehead atoms. The van der Waals surface area contributed by atoms with E-state index in [2.05, 4.69) is 27.1 Å². The number of oxazole rings is 1. The van der Waals surface area contributed by atoms with Gasteiger partial charge in [-0.15, -0.1) is 11.3 Å². The summed E-state index contributed by atoms with van der Waals surface area (Å²) in [6.07, 6.45) is 6.14. The normalized spacial score (nSPS) is 16.3. The summed E-state index contributed by atoms with van der Waals surface area (Å²) in [6.45, 7) is 3.31. The predicted molar refractivity (Wildman–Crippen MR) is 124 cm³/mol. The molecule has 1 aromatic carbocycles. The smallest absolute Gasteiger partial charge is 0.254 e. The number of thiazole rings is 1. The van der Waals surface area contributed by atoms with E-state index in [4.69, 9.17) is 4.42 Å². The Bertz CT molecular complexity index is 1220. The van der Waals surface area contributed by atoms with Crippen LogP contribution in [0.25, 0.3) is 10.6 Å². The van der Waals surface area contributed by atoms with Crippen LogP contribution in [0.1, 0.15) is 52.0 Å². The highest BCUT2D eigenvalue weighted by Crippen LogP contribution is 2.29. The van der Waals surface area contributed by atoms with E-state index in [0.29, 0.717) is 12.1 Å². The van der Waals surface area contributed by atoms with Gasteiger partial charge in [0.05, 0.1) is 33.9 Å². The number of hydrogen-bond donors (Lipinski definition) is 0. The number of amides is 1. The second kappa shape index (κ2) is 9.04. The molecule has 1 atom stereocenters. The van der Waals surface area contributed by atoms with E-state index in [1.165, 1.54) is 16.9 Å². The molecule has 1 saturated heterocycles. The Morgan fingerprint density at radius 3 is 2.88 bits per heavy atom. The first kappa shape index (κ1) is 20.6. The summed E-state index contributed by atoms with van der Waals surface area (Å²) in [7, 11) is 0. The van der Waals surface area contributed by atoms with Gasteiger partial charge in [0.25, 0.3) is 5.91 Å². The van der Waals surface area contributed by atoms with Crippen LogP contribution < -0.4 is 0 Å². The molecule has 4 aromatic rings. The first-order valence-corrected chi connectivity index (χ1v) is 11.7. The number of carbonyl (C=O) groups is 1. The minimum atomic E-state index is 0.0246. The van der Waals surface area contributed by atoms with Crippen molar-refractivity contribution >= 4 is 17.2 Å². The molecule has 0 spiro atoms. The van der Waals surface area contributed by atoms with Gasteiger partial charge in [-0.1, -0.05) is 30.3 Å². The molecule has 7 heteroatoms. The molecule has 5 rings (SSSR count). The standard InChI is InChI=1S/C25H24N4O2S/c1-17-23(32-16-28-17)22-13-19(9-10-26-22)25(30)29-11-5-8-20(15-29)24-27-14-21(31-24)12-18-6-3-2-4-7-18/h2-4,6-7,9-10,13-14,16,20H,5,8,11-12,15H2,1H3/t20-/m0/s1. The maximum Gasteiger partial charge on any atom is 0.254 e. The van der Waals surface area contributed by atoms with E-state index >= 15 is 0 Å². The minimum absolute atomic E-state index is 0.0246. The van der Waals surface area contributed by atoms with Crippen molar-refractivity contribution in [1.82, 2.24) is 19.9 Å². The van der Waals surface area contributed by atoms with Crippen LogP contribution in [-0.2, 0) is 6.42 Å². The van der Waals surface area contributed by atoms with Crippen LogP contribution in [-0.4, -0.2) is 38.8 Å². The second-order valence-corrected chi connectivity index (χ2v) is 8.97. The maximum atomic E-state index is 13.3. The highest BCUT2D eigenvalue weighted by molar-refractivity contribution is 7.13. The molecule has 4 heterocycles. The lowest BCUT2D eigenvalue weighted by molar-refractivity contribution is 0.0698. The Morgan fingerprint density at radius 1 is 1.19 bits per heavy atom. The van der Waals surface area contributed by atoms with Gasteiger partial charge in [0.2, 0.25) is 0 Å². The zero-order valence-corrected chi connectivity index (χ0v) is 18.7. The zero-order chi connectivity index (χ0) is 21.9. The van der Waals surface area contributed by atoms with Gasteiger partial charge in [-0.05, 0) is 37.5 Å². The van der Waals surface area contributed by atoms with Gasteiger partial charge < -0.3 is 9.32 Å². The molecule has 0 N–H and O–H groups in total. The van der Waals surface area contributed by atoms with Gasteiger partial charge in [0.15, 0.2) is 5.89 Å². The fraction of sp³-hybridized carbons (Fsp3) is 0.280. The van der Waals surface area contributed by atoms with Crippen molar-refractivity contribution in [3.8, 4) is 10.6 Å². The number of nitrogens with zero attached hydrogens (tertiary/aromatic N) is 4. The number of rotatable bonds is 5. The lowest BCUT2D eigenvalue weighted by Crippen LogP contribution is -2.39. The predicted octanol–water partition coefficient (Wildman–Crippen LogP) is 5.11. The van der Waals surface area contributed by atoms with Crippen LogP contribution >= 0.6 is 11.3 Å². The molecule has 1 fully saturated rings. The van der Waals surface area contributed by atoms with Crippen molar-refractivity contribution in [1.29, 1.82) is 0 Å². The number of hydrogen-bond acceptors (Lipinski definition) is 6. The van der Waals surface area contributed by atoms with Crippen molar-refractivity contribution in [2.75, 3.05) is 13.1 Å². The van der Waals surface area contributed by atoms with Crippen molar-refractivity contribution in [2.45, 2.75) is 32.1 Å². The van der Waals surface area contributed by atoms with E-state index in [-0.39, 0.29) is 11.8 Å². The molecule has 0 unspecified atom stereocenters. The lowest BCUT2D eigenvalue weighted by atomic mass is 9.97. The molecule has 32 heavy (non-hydrogen) atoms. The molecular weight excluding hydrogens is 420 g/mol. The van der Waals surface area contributed by atoms with Gasteiger partial charge >= 0.3 is 0 Å². The summed E-state index contributed by atoms with van der Waals surface area (Å²) in [5.74, 6) is 1.72. The van der Waals surface area contributed by atoms with Crippen molar-refractivity contribution in [3.63, 3.8) is 0 Å². The number of carbonyl (C=O) groups excluding carboxylic acids is 1. The van der Waals surface area contributed by atoms with Crippen LogP contribution in [0.3, 0.4) is 0 Å². The Morgan fingerprint density at radius 2 is 2.06 bits per heavy atom. The van der Waals surface area contributed by atoms with Crippen molar-refractivity contribution < 1.29 is 9.21 Å². The quantitative estimate of drug-likeness (QED) is 0.428. The number of likely N-dealkylation sites (tertiary alicyclic amines) is 1. The first-order valence-electron chi connectivity index (χ1n) is 10.8. The molecule has 3 aromatic heterocycles. The third kappa shape index (κ3) is 4.34. The summed E-state index contributed by atoms with van der Waals surface area (Å²) >= 11 is 1.54. The highest BCUT2D eigenvalue weighted by Gasteiger charge is 2.28. The van der Waals surface area contributed by atoms with Crippen LogP contribution in [0.5, 0.6) is 0 Å². The Balaban J connectivity index is 1.29. The van der Waals surface area contributed by atoms with Crippen LogP contribution in [0.4, 0.5) is 0 Å². The maximum absolute atomic E-state index is 13.3. The molecule has 0 aliphatic carbocycles. The first-order chi connectivity index (χ1) is 15.7. The fourth-order valence-corrected chi connectivity index (χ4v) is 4.94. The number of benzene rings is 1. The largest absolute Gasteiger partial charge is 0.445 e. The second-order valence-electron chi connectivity index (χ2n) is 8.11. The van der Waals surface area contributed by atoms with Crippen molar-refractivity contribution in [3.05, 3.63) is 88.8 Å². The minimum Gasteiger partial charge on any atom is -0.445 e. The summed E-state index contributed by atoms with van der Waals surface area (Å²) in [5.41, 5.74) is 5.38. The molecule has 1 amide bonds. The van der Waals surface area contributed by atoms with E-state index < -0.39 is 0 Å². The molecular formula is C25H24N4O2S. The van der Waals surface area contributed by atoms with Gasteiger partial charge in [-0.3, -0.25) is 9.78 Å². The third-order valence-electron chi connectivity index (χ3n) is 5.84. The summed E-state index contributed by atoms with van der Waals surface area (Å²) in [5, 5.41) is 0. The highest BCUT2D eigenvalue weighted by atomic mass is 32.1. The van der Waals surface area contributed by atoms with Gasteiger partial charge in [0, 0.05) is 31.3 Å². The monoisotopic (exact) mass is 444 g/mol. The topological polar surface area (TPSA) is 72.1 Å². The van der Waals surface area contributed by atoms with E-state index in [1.807, 2.05) is 42.3 Å². The van der Waals surface area contributed by atoms with Crippen LogP contribution in [0, 0.1) is 6.92 Å². The molecule has 1 aliphatic heterocycles. The van der Waals surface area contributed by atoms with Gasteiger partial charge in [-0.25, -0.2) is 9.97 Å². The lowest BCUT2D eigenvalue weighted by Gasteiger charge is -2.31. The Labute approximate surface area is 191 Å². The average Bonchev–Trinajstić information content (AvgIpc) is 3.48. The van der Waals surface area contributed by atoms with Gasteiger partial charge in [-0.2, -0.15) is 0 Å². The number of aromatic nitrogens is 3. The van der Waals surface area contributed by atoms with Crippen LogP contribution in [0.2, 0.25) is 0 Å². The van der Waals surface area contributed by atoms with Gasteiger partial charge in [0.1, 0.15) is 5.76 Å². The number of pyridine rings is 1. The Hall–Kier alpha value is -3.32. The molecule has 0 saturated carbocycles. The number of piperidine rings is 1. The SMILES string of the molecule is Cc1ncsc1-c1cc(C(=O)N2CCC[C@H](c3ncc(Cc4ccccc4)o3)C2)ccn1. The van der Waals surface area contributed by atoms with E-state index in [9.17, 15) is 4.79 Å². The molecule has 6 nitrogen and oxygen atoms in total. The molecule has 0 radical (unpaired) electrons. The number of aryl methyl sites for hydroxylation is 1. The average molecular weight is 445 g/mol. The van der Waals surface area contributed by atoms with E-state index in [1.54, 1.807) is 17.8 Å². The summed E-state index contributed by atoms with van der Waals surface area (Å²) < 4.78 is 6.08. The Kier molecular flexibility index (Phi) is 5.81. The molecule has 1 aliphatic rings. The summed E-state index contributed by atoms with van der Waals surface area (Å²) in [6, 6.07) is 13.9. The van der Waals surface area contributed by atoms with E-state index in [0.717, 1.165) is 53.7 Å². The zero-order valence-electron chi connectivity index (χ0n) is 17.9. The summed E-state index contributed by atoms with van der Waals surface area (Å²) in [4.78, 5) is 29.5. The fourth-order valence-electron chi connectivity index (χ4n) is 4.17.